The lowest BCUT2D eigenvalue weighted by atomic mass is 10.0. The fourth-order valence-electron chi connectivity index (χ4n) is 5.06. The molecule has 0 saturated carbocycles. The van der Waals surface area contributed by atoms with Crippen molar-refractivity contribution in [1.82, 2.24) is 20.2 Å². The van der Waals surface area contributed by atoms with Gasteiger partial charge in [-0.15, -0.1) is 0 Å². The van der Waals surface area contributed by atoms with Gasteiger partial charge in [-0.05, 0) is 54.8 Å². The van der Waals surface area contributed by atoms with Crippen LogP contribution in [0.15, 0.2) is 54.7 Å². The third kappa shape index (κ3) is 6.84. The van der Waals surface area contributed by atoms with Crippen LogP contribution in [-0.4, -0.2) is 83.8 Å². The van der Waals surface area contributed by atoms with Crippen LogP contribution in [0.5, 0.6) is 17.2 Å². The van der Waals surface area contributed by atoms with Crippen molar-refractivity contribution in [3.8, 4) is 17.2 Å². The number of rotatable bonds is 5. The van der Waals surface area contributed by atoms with Crippen LogP contribution in [0, 0.1) is 0 Å². The van der Waals surface area contributed by atoms with Crippen LogP contribution in [0.2, 0.25) is 0 Å². The zero-order valence-corrected chi connectivity index (χ0v) is 22.9. The number of benzene rings is 2. The maximum Gasteiger partial charge on any atom is 0.254 e. The van der Waals surface area contributed by atoms with E-state index in [-0.39, 0.29) is 49.6 Å². The van der Waals surface area contributed by atoms with E-state index in [2.05, 4.69) is 15.3 Å². The molecule has 5 rings (SSSR count). The first-order valence-electron chi connectivity index (χ1n) is 13.5. The Morgan fingerprint density at radius 1 is 1.20 bits per heavy atom. The summed E-state index contributed by atoms with van der Waals surface area (Å²) >= 11 is 0. The van der Waals surface area contributed by atoms with Gasteiger partial charge in [-0.25, -0.2) is 4.98 Å². The summed E-state index contributed by atoms with van der Waals surface area (Å²) in [5.74, 6) is 1.53. The molecule has 2 aliphatic rings. The molecule has 4 N–H and O–H groups in total. The summed E-state index contributed by atoms with van der Waals surface area (Å²) in [7, 11) is 1.53. The number of aromatic nitrogens is 2. The lowest BCUT2D eigenvalue weighted by molar-refractivity contribution is -0.124. The molecule has 0 spiro atoms. The average Bonchev–Trinajstić information content (AvgIpc) is 2.98. The van der Waals surface area contributed by atoms with Crippen LogP contribution in [0.25, 0.3) is 0 Å². The molecule has 3 aromatic rings. The predicted octanol–water partition coefficient (Wildman–Crippen LogP) is 1.98. The number of carbonyl (C=O) groups excluding carboxylic acids is 2. The number of nitrogens with zero attached hydrogens (tertiary/aromatic N) is 4. The third-order valence-electron chi connectivity index (χ3n) is 7.09. The number of fused-ring (bicyclic) bond motifs is 5. The van der Waals surface area contributed by atoms with Gasteiger partial charge in [0.15, 0.2) is 11.5 Å². The van der Waals surface area contributed by atoms with Crippen molar-refractivity contribution >= 4 is 23.6 Å². The van der Waals surface area contributed by atoms with Crippen molar-refractivity contribution in [3.05, 3.63) is 65.9 Å². The Bertz CT molecular complexity index is 1390. The molecule has 12 nitrogen and oxygen atoms in total. The summed E-state index contributed by atoms with van der Waals surface area (Å²) in [5.41, 5.74) is 7.04. The van der Waals surface area contributed by atoms with Gasteiger partial charge in [-0.3, -0.25) is 9.59 Å². The average molecular weight is 563 g/mol. The van der Waals surface area contributed by atoms with Crippen molar-refractivity contribution in [2.45, 2.75) is 31.6 Å². The van der Waals surface area contributed by atoms with E-state index in [0.29, 0.717) is 61.2 Å². The number of aliphatic hydroxyl groups excluding tert-OH is 1. The minimum Gasteiger partial charge on any atom is -0.493 e. The van der Waals surface area contributed by atoms with Gasteiger partial charge < -0.3 is 40.2 Å². The number of ether oxygens (including phenoxy) is 3. The SMILES string of the molecule is COc1ccc2cc1Oc1cccc(c1)CO[C@H]1CCN(c3ccnc(N)n3)C[C@@H]1NC(=O)CN(CCCO)C2=O. The molecule has 0 radical (unpaired) electrons. The molecule has 3 heterocycles. The van der Waals surface area contributed by atoms with E-state index < -0.39 is 0 Å². The Morgan fingerprint density at radius 3 is 2.88 bits per heavy atom. The van der Waals surface area contributed by atoms with Crippen molar-refractivity contribution < 1.29 is 28.9 Å². The minimum absolute atomic E-state index is 0.117. The van der Waals surface area contributed by atoms with Crippen LogP contribution in [-0.2, 0) is 16.1 Å². The monoisotopic (exact) mass is 562 g/mol. The third-order valence-corrected chi connectivity index (χ3v) is 7.09. The number of nitrogens with two attached hydrogens (primary N) is 1. The number of anilines is 2. The van der Waals surface area contributed by atoms with Crippen molar-refractivity contribution in [1.29, 1.82) is 0 Å². The van der Waals surface area contributed by atoms with Crippen LogP contribution < -0.4 is 25.4 Å². The highest BCUT2D eigenvalue weighted by atomic mass is 16.5. The van der Waals surface area contributed by atoms with Crippen LogP contribution in [0.3, 0.4) is 0 Å². The number of methoxy groups -OCH3 is 1. The molecule has 2 atom stereocenters. The number of aliphatic hydroxyl groups is 1. The summed E-state index contributed by atoms with van der Waals surface area (Å²) in [6.07, 6.45) is 2.26. The van der Waals surface area contributed by atoms with E-state index in [1.54, 1.807) is 30.5 Å². The minimum atomic E-state index is -0.387. The lowest BCUT2D eigenvalue weighted by Crippen LogP contribution is -2.57. The molecule has 2 aliphatic heterocycles. The van der Waals surface area contributed by atoms with Gasteiger partial charge in [0.05, 0.1) is 32.4 Å². The predicted molar refractivity (Wildman–Crippen MR) is 151 cm³/mol. The van der Waals surface area contributed by atoms with Crippen LogP contribution in [0.4, 0.5) is 11.8 Å². The van der Waals surface area contributed by atoms with Gasteiger partial charge in [0, 0.05) is 38.0 Å². The number of carbonyl (C=O) groups is 2. The summed E-state index contributed by atoms with van der Waals surface area (Å²) in [6.45, 7) is 1.28. The fourth-order valence-corrected chi connectivity index (χ4v) is 5.06. The summed E-state index contributed by atoms with van der Waals surface area (Å²) in [5, 5.41) is 12.5. The van der Waals surface area contributed by atoms with Crippen molar-refractivity contribution in [3.63, 3.8) is 0 Å². The van der Waals surface area contributed by atoms with Crippen molar-refractivity contribution in [2.24, 2.45) is 0 Å². The Morgan fingerprint density at radius 2 is 2.07 bits per heavy atom. The number of hydrogen-bond donors (Lipinski definition) is 3. The van der Waals surface area contributed by atoms with Gasteiger partial charge >= 0.3 is 0 Å². The molecule has 1 fully saturated rings. The second-order valence-electron chi connectivity index (χ2n) is 9.95. The zero-order chi connectivity index (χ0) is 28.8. The molecule has 2 aromatic carbocycles. The zero-order valence-electron chi connectivity index (χ0n) is 22.9. The van der Waals surface area contributed by atoms with Gasteiger partial charge in [0.25, 0.3) is 5.91 Å². The van der Waals surface area contributed by atoms with Crippen LogP contribution in [0.1, 0.15) is 28.8 Å². The highest BCUT2D eigenvalue weighted by Crippen LogP contribution is 2.33. The molecule has 41 heavy (non-hydrogen) atoms. The van der Waals surface area contributed by atoms with Gasteiger partial charge in [0.2, 0.25) is 11.9 Å². The Labute approximate surface area is 238 Å². The number of amides is 2. The maximum absolute atomic E-state index is 13.6. The highest BCUT2D eigenvalue weighted by Gasteiger charge is 2.33. The highest BCUT2D eigenvalue weighted by molar-refractivity contribution is 5.97. The molecule has 1 saturated heterocycles. The van der Waals surface area contributed by atoms with E-state index in [9.17, 15) is 14.7 Å². The summed E-state index contributed by atoms with van der Waals surface area (Å²) in [4.78, 5) is 38.7. The molecule has 1 aromatic heterocycles. The molecule has 0 unspecified atom stereocenters. The van der Waals surface area contributed by atoms with Gasteiger partial charge in [-0.1, -0.05) is 12.1 Å². The number of nitrogens with one attached hydrogen (secondary N) is 1. The summed E-state index contributed by atoms with van der Waals surface area (Å²) in [6, 6.07) is 13.8. The van der Waals surface area contributed by atoms with E-state index in [1.807, 2.05) is 29.2 Å². The molecule has 0 aliphatic carbocycles. The standard InChI is InChI=1S/C29H34N6O6/c1-39-24-7-6-20-15-25(24)41-21-5-2-4-19(14-21)18-40-23-9-12-34(26-8-10-31-29(30)33-26)16-22(23)32-27(37)17-35(28(20)38)11-3-13-36/h2,4-8,10,14-15,22-23,36H,3,9,11-13,16-18H2,1H3,(H,32,37)(H2,30,31,33)/t22-,23-/m0/s1. The van der Waals surface area contributed by atoms with Crippen LogP contribution >= 0.6 is 0 Å². The van der Waals surface area contributed by atoms with E-state index in [0.717, 1.165) is 5.56 Å². The Balaban J connectivity index is 1.47. The number of hydrogen-bond acceptors (Lipinski definition) is 10. The van der Waals surface area contributed by atoms with Gasteiger partial charge in [-0.2, -0.15) is 4.98 Å². The Hall–Kier alpha value is -4.42. The second-order valence-corrected chi connectivity index (χ2v) is 9.95. The molecule has 216 valence electrons. The number of piperidine rings is 1. The second kappa shape index (κ2) is 12.8. The largest absolute Gasteiger partial charge is 0.493 e. The summed E-state index contributed by atoms with van der Waals surface area (Å²) < 4.78 is 18.0. The molecule has 2 amide bonds. The van der Waals surface area contributed by atoms with E-state index in [4.69, 9.17) is 19.9 Å². The first kappa shape index (κ1) is 28.1. The van der Waals surface area contributed by atoms with E-state index >= 15 is 0 Å². The molecular formula is C29H34N6O6. The Kier molecular flexibility index (Phi) is 8.80. The quantitative estimate of drug-likeness (QED) is 0.421. The first-order chi connectivity index (χ1) is 19.9. The lowest BCUT2D eigenvalue weighted by Gasteiger charge is -2.39. The maximum atomic E-state index is 13.6. The number of nitrogen functional groups attached to an aromatic ring is 1. The van der Waals surface area contributed by atoms with Gasteiger partial charge in [0.1, 0.15) is 11.6 Å². The topological polar surface area (TPSA) is 152 Å². The molecular weight excluding hydrogens is 528 g/mol. The fraction of sp³-hybridized carbons (Fsp3) is 0.379. The first-order valence-corrected chi connectivity index (χ1v) is 13.5. The normalized spacial score (nSPS) is 19.7. The molecule has 12 heteroatoms. The van der Waals surface area contributed by atoms with E-state index in [1.165, 1.54) is 12.0 Å². The van der Waals surface area contributed by atoms with Crippen molar-refractivity contribution in [2.75, 3.05) is 50.5 Å². The smallest absolute Gasteiger partial charge is 0.254 e. The molecule has 4 bridgehead atoms.